The van der Waals surface area contributed by atoms with E-state index in [2.05, 4.69) is 47.7 Å². The van der Waals surface area contributed by atoms with Crippen molar-refractivity contribution in [1.82, 2.24) is 49.7 Å². The lowest BCUT2D eigenvalue weighted by Gasteiger charge is -2.54. The lowest BCUT2D eigenvalue weighted by molar-refractivity contribution is -0.144. The first kappa shape index (κ1) is 60.5. The van der Waals surface area contributed by atoms with Crippen molar-refractivity contribution in [2.75, 3.05) is 87.1 Å². The summed E-state index contributed by atoms with van der Waals surface area (Å²) in [4.78, 5) is 132. The number of carbonyl (C=O) groups is 8. The summed E-state index contributed by atoms with van der Waals surface area (Å²) in [5.74, 6) is -2.44. The second kappa shape index (κ2) is 23.5. The first-order chi connectivity index (χ1) is 43.7. The minimum Gasteiger partial charge on any atom is -0.371 e. The summed E-state index contributed by atoms with van der Waals surface area (Å²) in [6.07, 6.45) is 11.4. The van der Waals surface area contributed by atoms with Gasteiger partial charge in [-0.1, -0.05) is 18.6 Å². The molecule has 8 amide bonds. The van der Waals surface area contributed by atoms with Crippen molar-refractivity contribution < 1.29 is 42.7 Å². The Morgan fingerprint density at radius 3 is 2.19 bits per heavy atom. The Morgan fingerprint density at radius 1 is 0.758 bits per heavy atom. The van der Waals surface area contributed by atoms with Crippen molar-refractivity contribution in [3.05, 3.63) is 94.6 Å². The van der Waals surface area contributed by atoms with E-state index in [0.29, 0.717) is 98.1 Å². The predicted molar refractivity (Wildman–Crippen MR) is 340 cm³/mol. The number of anilines is 4. The Balaban J connectivity index is 0.614. The molecule has 1 aliphatic carbocycles. The number of benzene rings is 3. The zero-order valence-corrected chi connectivity index (χ0v) is 52.8. The lowest BCUT2D eigenvalue weighted by Crippen LogP contribution is -2.62. The molecule has 14 rings (SSSR count). The monoisotopic (exact) mass is 1240 g/mol. The molecule has 7 fully saturated rings. The van der Waals surface area contributed by atoms with E-state index in [1.807, 2.05) is 60.3 Å². The number of hydrogen-bond donors (Lipinski definition) is 3. The number of fused-ring (bicyclic) bond motifs is 4. The zero-order valence-electron chi connectivity index (χ0n) is 52.8. The Labute approximate surface area is 529 Å². The van der Waals surface area contributed by atoms with E-state index in [1.54, 1.807) is 25.4 Å². The highest BCUT2D eigenvalue weighted by molar-refractivity contribution is 6.24. The van der Waals surface area contributed by atoms with Crippen LogP contribution in [0.15, 0.2) is 60.9 Å². The number of amides is 8. The number of rotatable bonds is 13. The summed E-state index contributed by atoms with van der Waals surface area (Å²) in [7, 11) is 0. The normalized spacial score (nSPS) is 23.5. The first-order valence-corrected chi connectivity index (χ1v) is 33.1. The molecule has 3 aromatic carbocycles. The topological polar surface area (TPSA) is 226 Å². The number of hydrogen-bond acceptors (Lipinski definition) is 14. The first-order valence-electron chi connectivity index (χ1n) is 33.1. The minimum absolute atomic E-state index is 0.00543. The average molecular weight is 1240 g/mol. The molecule has 1 unspecified atom stereocenters. The summed E-state index contributed by atoms with van der Waals surface area (Å²) in [5, 5.41) is 8.46. The van der Waals surface area contributed by atoms with Gasteiger partial charge in [0.1, 0.15) is 17.4 Å². The molecule has 6 saturated heterocycles. The van der Waals surface area contributed by atoms with Crippen molar-refractivity contribution in [3.63, 3.8) is 0 Å². The van der Waals surface area contributed by atoms with Gasteiger partial charge in [-0.3, -0.25) is 53.5 Å². The molecule has 1 saturated carbocycles. The number of pyridine rings is 1. The number of aromatic nitrogens is 3. The largest absolute Gasteiger partial charge is 0.371 e. The summed E-state index contributed by atoms with van der Waals surface area (Å²) < 4.78 is 18.0. The van der Waals surface area contributed by atoms with Gasteiger partial charge in [0.15, 0.2) is 5.82 Å². The standard InChI is InChI=1S/C69H82FN13O8/c1-40(2)72-62(86)49-34-54(52(70)29-42(49)5)74-61-60-55(71-39-81(60)41(3)4)35-53(73-61)44-9-12-51-57(30-44)82(47-31-46(32-47)77-21-7-6-8-22-77)67(91)69(51)19-27-80(28-20-69)64(88)43-15-23-79(24-16-43)59(85)36-76-37-68(38-76)17-25-78(26-18-68)45-10-11-48-50(33-45)66(90)83(65(48)89)56-13-14-58(84)75-63(56)87/h9-12,29-30,33-35,39-41,43,46-47,56H,6-8,13-28,31-32,36-38H2,1-5H3,(H,72,86)(H,73,74)(H,75,84,87). The van der Waals surface area contributed by atoms with Crippen molar-refractivity contribution >= 4 is 81.2 Å². The molecule has 2 aromatic heterocycles. The maximum Gasteiger partial charge on any atom is 0.262 e. The molecule has 21 nitrogen and oxygen atoms in total. The van der Waals surface area contributed by atoms with Crippen LogP contribution in [0.3, 0.4) is 0 Å². The number of piperidine rings is 5. The molecule has 3 N–H and O–H groups in total. The molecule has 478 valence electrons. The van der Waals surface area contributed by atoms with Crippen LogP contribution in [0.5, 0.6) is 0 Å². The van der Waals surface area contributed by atoms with Gasteiger partial charge in [0.2, 0.25) is 29.5 Å². The third kappa shape index (κ3) is 10.8. The van der Waals surface area contributed by atoms with E-state index in [4.69, 9.17) is 9.97 Å². The zero-order chi connectivity index (χ0) is 63.4. The number of carbonyl (C=O) groups excluding carboxylic acids is 8. The fraction of sp³-hybridized carbons (Fsp3) is 0.536. The van der Waals surface area contributed by atoms with Gasteiger partial charge in [-0.05, 0) is 177 Å². The number of imide groups is 2. The fourth-order valence-electron chi connectivity index (χ4n) is 16.4. The van der Waals surface area contributed by atoms with Crippen molar-refractivity contribution in [3.8, 4) is 11.3 Å². The summed E-state index contributed by atoms with van der Waals surface area (Å²) in [5.41, 5.74) is 6.24. The van der Waals surface area contributed by atoms with Crippen LogP contribution in [-0.2, 0) is 29.4 Å². The number of nitrogens with one attached hydrogen (secondary N) is 3. The quantitative estimate of drug-likeness (QED) is 0.0973. The molecule has 22 heteroatoms. The maximum atomic E-state index is 16.0. The Bertz CT molecular complexity index is 3820. The van der Waals surface area contributed by atoms with Gasteiger partial charge >= 0.3 is 0 Å². The summed E-state index contributed by atoms with van der Waals surface area (Å²) >= 11 is 0. The molecule has 5 aromatic rings. The smallest absolute Gasteiger partial charge is 0.262 e. The number of likely N-dealkylation sites (tertiary alicyclic amines) is 4. The minimum atomic E-state index is -1.01. The van der Waals surface area contributed by atoms with Gasteiger partial charge in [0.25, 0.3) is 17.7 Å². The lowest BCUT2D eigenvalue weighted by atomic mass is 9.72. The second-order valence-corrected chi connectivity index (χ2v) is 28.0. The second-order valence-electron chi connectivity index (χ2n) is 28.0. The highest BCUT2D eigenvalue weighted by Gasteiger charge is 2.56. The molecule has 0 bridgehead atoms. The molecule has 9 aliphatic rings. The summed E-state index contributed by atoms with van der Waals surface area (Å²) in [6.45, 7) is 17.2. The van der Waals surface area contributed by atoms with E-state index in [9.17, 15) is 33.6 Å². The van der Waals surface area contributed by atoms with Crippen LogP contribution in [0.25, 0.3) is 22.3 Å². The molecular weight excluding hydrogens is 1160 g/mol. The SMILES string of the molecule is Cc1cc(F)c(Nc2nc(-c3ccc4c(c3)N(C3CC(N5CCCCC5)C3)C(=O)C43CCN(C(=O)C4CCN(C(=O)CN5CC6(CCN(c7ccc8c(c7)C(=O)N(C7CCC(=O)NC7=O)C8=O)CC6)C5)CC4)CC3)cc3ncn(C(C)C)c23)cc1C(=O)NC(C)C. The van der Waals surface area contributed by atoms with E-state index in [0.717, 1.165) is 92.4 Å². The highest BCUT2D eigenvalue weighted by atomic mass is 19.1. The van der Waals surface area contributed by atoms with Crippen LogP contribution < -0.4 is 25.8 Å². The van der Waals surface area contributed by atoms with Crippen LogP contribution in [0.2, 0.25) is 0 Å². The van der Waals surface area contributed by atoms with Crippen LogP contribution in [0, 0.1) is 24.1 Å². The van der Waals surface area contributed by atoms with Gasteiger partial charge in [0, 0.05) is 111 Å². The van der Waals surface area contributed by atoms with E-state index < -0.39 is 40.9 Å². The Morgan fingerprint density at radius 2 is 1.48 bits per heavy atom. The molecule has 2 spiro atoms. The number of halogens is 1. The predicted octanol–water partition coefficient (Wildman–Crippen LogP) is 7.47. The third-order valence-corrected chi connectivity index (χ3v) is 21.6. The Hall–Kier alpha value is -8.11. The van der Waals surface area contributed by atoms with Crippen LogP contribution in [0.1, 0.15) is 159 Å². The van der Waals surface area contributed by atoms with Crippen LogP contribution >= 0.6 is 0 Å². The van der Waals surface area contributed by atoms with Crippen molar-refractivity contribution in [1.29, 1.82) is 0 Å². The van der Waals surface area contributed by atoms with Crippen molar-refractivity contribution in [2.45, 2.75) is 154 Å². The van der Waals surface area contributed by atoms with Gasteiger partial charge in [0.05, 0.1) is 46.3 Å². The Kier molecular flexibility index (Phi) is 15.6. The molecule has 1 atom stereocenters. The van der Waals surface area contributed by atoms with Crippen LogP contribution in [-0.4, -0.2) is 182 Å². The molecule has 8 aliphatic heterocycles. The molecular formula is C69H82FN13O8. The van der Waals surface area contributed by atoms with Gasteiger partial charge in [-0.2, -0.15) is 0 Å². The highest BCUT2D eigenvalue weighted by Crippen LogP contribution is 2.53. The molecule has 0 radical (unpaired) electrons. The molecule has 10 heterocycles. The number of aryl methyl sites for hydroxylation is 1. The number of imidazole rings is 1. The van der Waals surface area contributed by atoms with Gasteiger partial charge < -0.3 is 39.7 Å². The van der Waals surface area contributed by atoms with Gasteiger partial charge in [-0.25, -0.2) is 14.4 Å². The number of nitrogens with zero attached hydrogens (tertiary/aromatic N) is 10. The average Bonchev–Trinajstić information content (AvgIpc) is 1.69. The van der Waals surface area contributed by atoms with Gasteiger partial charge in [-0.15, -0.1) is 0 Å². The van der Waals surface area contributed by atoms with E-state index in [-0.39, 0.29) is 82.7 Å². The van der Waals surface area contributed by atoms with Crippen molar-refractivity contribution in [2.24, 2.45) is 11.3 Å². The maximum absolute atomic E-state index is 16.0. The molecule has 91 heavy (non-hydrogen) atoms. The van der Waals surface area contributed by atoms with E-state index in [1.165, 1.54) is 31.4 Å². The summed E-state index contributed by atoms with van der Waals surface area (Å²) in [6, 6.07) is 15.7. The third-order valence-electron chi connectivity index (χ3n) is 21.6. The van der Waals surface area contributed by atoms with Crippen LogP contribution in [0.4, 0.5) is 27.3 Å². The van der Waals surface area contributed by atoms with E-state index >= 15 is 9.18 Å². The fourth-order valence-corrected chi connectivity index (χ4v) is 16.4.